The summed E-state index contributed by atoms with van der Waals surface area (Å²) in [6.07, 6.45) is 5.29. The lowest BCUT2D eigenvalue weighted by Gasteiger charge is -2.30. The predicted octanol–water partition coefficient (Wildman–Crippen LogP) is 2.76. The lowest BCUT2D eigenvalue weighted by atomic mass is 9.98. The highest BCUT2D eigenvalue weighted by molar-refractivity contribution is 5.79. The quantitative estimate of drug-likeness (QED) is 0.606. The third-order valence-corrected chi connectivity index (χ3v) is 5.48. The van der Waals surface area contributed by atoms with Crippen LogP contribution in [0.4, 0.5) is 0 Å². The largest absolute Gasteiger partial charge is 0.376 e. The molecule has 5 nitrogen and oxygen atoms in total. The van der Waals surface area contributed by atoms with Crippen LogP contribution in [0.25, 0.3) is 0 Å². The van der Waals surface area contributed by atoms with Crippen LogP contribution in [0.15, 0.2) is 29.3 Å². The van der Waals surface area contributed by atoms with Crippen LogP contribution in [0.3, 0.4) is 0 Å². The number of likely N-dealkylation sites (tertiary alicyclic amines) is 1. The minimum Gasteiger partial charge on any atom is -0.376 e. The average Bonchev–Trinajstić information content (AvgIpc) is 3.18. The first-order chi connectivity index (χ1) is 12.7. The van der Waals surface area contributed by atoms with E-state index >= 15 is 0 Å². The Bertz CT molecular complexity index is 575. The van der Waals surface area contributed by atoms with E-state index in [1.165, 1.54) is 43.5 Å². The van der Waals surface area contributed by atoms with Crippen molar-refractivity contribution in [1.29, 1.82) is 0 Å². The minimum atomic E-state index is 0.323. The Balaban J connectivity index is 1.45. The maximum Gasteiger partial charge on any atom is 0.191 e. The van der Waals surface area contributed by atoms with Gasteiger partial charge in [0.2, 0.25) is 0 Å². The Morgan fingerprint density at radius 3 is 2.73 bits per heavy atom. The van der Waals surface area contributed by atoms with Gasteiger partial charge >= 0.3 is 0 Å². The molecule has 0 radical (unpaired) electrons. The van der Waals surface area contributed by atoms with Gasteiger partial charge in [0.15, 0.2) is 5.96 Å². The van der Waals surface area contributed by atoms with Crippen LogP contribution >= 0.6 is 0 Å². The molecule has 5 heteroatoms. The molecule has 2 heterocycles. The summed E-state index contributed by atoms with van der Waals surface area (Å²) >= 11 is 0. The zero-order valence-corrected chi connectivity index (χ0v) is 16.3. The maximum absolute atomic E-state index is 5.66. The van der Waals surface area contributed by atoms with E-state index in [9.17, 15) is 0 Å². The van der Waals surface area contributed by atoms with Crippen LogP contribution in [0, 0.1) is 5.92 Å². The third-order valence-electron chi connectivity index (χ3n) is 5.48. The molecule has 2 saturated heterocycles. The van der Waals surface area contributed by atoms with Gasteiger partial charge < -0.3 is 15.4 Å². The van der Waals surface area contributed by atoms with E-state index in [1.807, 2.05) is 7.05 Å². The number of hydrogen-bond acceptors (Lipinski definition) is 3. The molecule has 0 aromatic heterocycles. The topological polar surface area (TPSA) is 48.9 Å². The number of ether oxygens (including phenoxy) is 1. The highest BCUT2D eigenvalue weighted by atomic mass is 16.5. The van der Waals surface area contributed by atoms with Crippen molar-refractivity contribution in [3.63, 3.8) is 0 Å². The average molecular weight is 359 g/mol. The number of aliphatic imine (C=N–C) groups is 1. The molecule has 0 amide bonds. The van der Waals surface area contributed by atoms with Crippen molar-refractivity contribution < 1.29 is 4.74 Å². The molecule has 2 aliphatic heterocycles. The first-order valence-corrected chi connectivity index (χ1v) is 10.1. The first-order valence-electron chi connectivity index (χ1n) is 10.1. The molecule has 2 aliphatic rings. The molecule has 3 rings (SSSR count). The summed E-state index contributed by atoms with van der Waals surface area (Å²) in [5.74, 6) is 1.73. The lowest BCUT2D eigenvalue weighted by molar-refractivity contribution is 0.114. The van der Waals surface area contributed by atoms with Gasteiger partial charge in [-0.15, -0.1) is 0 Å². The van der Waals surface area contributed by atoms with Crippen molar-refractivity contribution >= 4 is 5.96 Å². The Kier molecular flexibility index (Phi) is 7.32. The second-order valence-corrected chi connectivity index (χ2v) is 7.72. The van der Waals surface area contributed by atoms with Crippen LogP contribution in [0.1, 0.15) is 43.7 Å². The number of rotatable bonds is 6. The molecular weight excluding hydrogens is 324 g/mol. The van der Waals surface area contributed by atoms with Crippen molar-refractivity contribution in [2.75, 3.05) is 33.3 Å². The molecule has 2 N–H and O–H groups in total. The summed E-state index contributed by atoms with van der Waals surface area (Å²) in [5, 5.41) is 6.79. The molecule has 0 spiro atoms. The lowest BCUT2D eigenvalue weighted by Crippen LogP contribution is -2.40. The van der Waals surface area contributed by atoms with E-state index < -0.39 is 0 Å². The summed E-state index contributed by atoms with van der Waals surface area (Å²) in [6, 6.07) is 8.91. The smallest absolute Gasteiger partial charge is 0.191 e. The predicted molar refractivity (Wildman–Crippen MR) is 107 cm³/mol. The molecule has 144 valence electrons. The fraction of sp³-hybridized carbons (Fsp3) is 0.667. The van der Waals surface area contributed by atoms with E-state index in [1.54, 1.807) is 0 Å². The van der Waals surface area contributed by atoms with Crippen LogP contribution in [-0.4, -0.2) is 50.3 Å². The number of hydrogen-bond donors (Lipinski definition) is 2. The van der Waals surface area contributed by atoms with Crippen molar-refractivity contribution in [2.45, 2.75) is 51.8 Å². The molecular formula is C21H34N4O. The summed E-state index contributed by atoms with van der Waals surface area (Å²) in [7, 11) is 1.82. The number of nitrogens with zero attached hydrogens (tertiary/aromatic N) is 2. The first kappa shape index (κ1) is 19.2. The SMILES string of the molecule is CN=C(NCc1cccc(CN2CCC(C)CC2)c1)NCC1CCCO1. The van der Waals surface area contributed by atoms with Gasteiger partial charge in [-0.05, 0) is 55.8 Å². The molecule has 0 saturated carbocycles. The van der Waals surface area contributed by atoms with Crippen molar-refractivity contribution in [3.8, 4) is 0 Å². The second kappa shape index (κ2) is 9.93. The van der Waals surface area contributed by atoms with Gasteiger partial charge in [0.1, 0.15) is 0 Å². The van der Waals surface area contributed by atoms with E-state index in [0.717, 1.165) is 44.5 Å². The summed E-state index contributed by atoms with van der Waals surface area (Å²) in [5.41, 5.74) is 2.70. The second-order valence-electron chi connectivity index (χ2n) is 7.72. The molecule has 26 heavy (non-hydrogen) atoms. The summed E-state index contributed by atoms with van der Waals surface area (Å²) in [6.45, 7) is 8.38. The van der Waals surface area contributed by atoms with Crippen molar-refractivity contribution in [1.82, 2.24) is 15.5 Å². The van der Waals surface area contributed by atoms with Gasteiger partial charge in [-0.1, -0.05) is 31.2 Å². The van der Waals surface area contributed by atoms with Gasteiger partial charge in [0, 0.05) is 33.3 Å². The fourth-order valence-corrected chi connectivity index (χ4v) is 3.74. The Morgan fingerprint density at radius 1 is 1.19 bits per heavy atom. The fourth-order valence-electron chi connectivity index (χ4n) is 3.74. The van der Waals surface area contributed by atoms with Crippen LogP contribution in [0.5, 0.6) is 0 Å². The number of nitrogens with one attached hydrogen (secondary N) is 2. The minimum absolute atomic E-state index is 0.323. The van der Waals surface area contributed by atoms with E-state index in [-0.39, 0.29) is 0 Å². The molecule has 0 bridgehead atoms. The third kappa shape index (κ3) is 5.99. The molecule has 2 fully saturated rings. The van der Waals surface area contributed by atoms with Gasteiger partial charge in [-0.3, -0.25) is 9.89 Å². The molecule has 0 aliphatic carbocycles. The molecule has 1 unspecified atom stereocenters. The standard InChI is InChI=1S/C21H34N4O/c1-17-8-10-25(11-9-17)16-19-6-3-5-18(13-19)14-23-21(22-2)24-15-20-7-4-12-26-20/h3,5-6,13,17,20H,4,7-12,14-16H2,1-2H3,(H2,22,23,24). The highest BCUT2D eigenvalue weighted by Crippen LogP contribution is 2.18. The van der Waals surface area contributed by atoms with Crippen molar-refractivity contribution in [2.24, 2.45) is 10.9 Å². The number of piperidine rings is 1. The maximum atomic E-state index is 5.66. The van der Waals surface area contributed by atoms with Gasteiger partial charge in [-0.25, -0.2) is 0 Å². The van der Waals surface area contributed by atoms with Crippen molar-refractivity contribution in [3.05, 3.63) is 35.4 Å². The number of guanidine groups is 1. The Morgan fingerprint density at radius 2 is 2.00 bits per heavy atom. The van der Waals surface area contributed by atoms with Gasteiger partial charge in [0.05, 0.1) is 6.10 Å². The molecule has 1 atom stereocenters. The number of benzene rings is 1. The normalized spacial score (nSPS) is 22.5. The molecule has 1 aromatic rings. The summed E-state index contributed by atoms with van der Waals surface area (Å²) < 4.78 is 5.66. The molecule has 1 aromatic carbocycles. The monoisotopic (exact) mass is 358 g/mol. The Labute approximate surface area is 158 Å². The zero-order chi connectivity index (χ0) is 18.2. The van der Waals surface area contributed by atoms with Crippen LogP contribution < -0.4 is 10.6 Å². The summed E-state index contributed by atoms with van der Waals surface area (Å²) in [4.78, 5) is 6.90. The Hall–Kier alpha value is -1.59. The van der Waals surface area contributed by atoms with Gasteiger partial charge in [0.25, 0.3) is 0 Å². The van der Waals surface area contributed by atoms with Crippen LogP contribution in [0.2, 0.25) is 0 Å². The van der Waals surface area contributed by atoms with Crippen LogP contribution in [-0.2, 0) is 17.8 Å². The van der Waals surface area contributed by atoms with Gasteiger partial charge in [-0.2, -0.15) is 0 Å². The van der Waals surface area contributed by atoms with E-state index in [0.29, 0.717) is 6.10 Å². The van der Waals surface area contributed by atoms with E-state index in [2.05, 4.69) is 51.7 Å². The highest BCUT2D eigenvalue weighted by Gasteiger charge is 2.16. The zero-order valence-electron chi connectivity index (χ0n) is 16.3. The van der Waals surface area contributed by atoms with E-state index in [4.69, 9.17) is 4.74 Å².